The fourth-order valence-corrected chi connectivity index (χ4v) is 2.14. The zero-order valence-corrected chi connectivity index (χ0v) is 11.7. The molecule has 3 heteroatoms. The highest BCUT2D eigenvalue weighted by Gasteiger charge is 2.13. The molecule has 0 N–H and O–H groups in total. The molecule has 0 atom stereocenters. The Morgan fingerprint density at radius 1 is 0.850 bits per heavy atom. The number of rotatable bonds is 5. The van der Waals surface area contributed by atoms with Gasteiger partial charge in [-0.25, -0.2) is 4.39 Å². The second-order valence-electron chi connectivity index (χ2n) is 4.72. The van der Waals surface area contributed by atoms with Gasteiger partial charge in [0.1, 0.15) is 0 Å². The number of halogens is 2. The van der Waals surface area contributed by atoms with Crippen molar-refractivity contribution in [1.29, 1.82) is 0 Å². The Kier molecular flexibility index (Phi) is 4.72. The first-order valence-electron chi connectivity index (χ1n) is 6.74. The second-order valence-corrected chi connectivity index (χ2v) is 4.72. The standard InChI is InChI=1S/C17H18F2O/c1-3-12-4-6-13(7-5-12)8-9-14-10-11-15(20-2)17(19)16(14)18/h4-7,10-11H,3,8-9H2,1-2H3. The predicted molar refractivity (Wildman–Crippen MR) is 76.1 cm³/mol. The van der Waals surface area contributed by atoms with E-state index in [0.717, 1.165) is 12.0 Å². The lowest BCUT2D eigenvalue weighted by Crippen LogP contribution is -2.00. The van der Waals surface area contributed by atoms with Gasteiger partial charge in [-0.3, -0.25) is 0 Å². The fourth-order valence-electron chi connectivity index (χ4n) is 2.14. The molecule has 2 aromatic rings. The average molecular weight is 276 g/mol. The Hall–Kier alpha value is -1.90. The Labute approximate surface area is 118 Å². The summed E-state index contributed by atoms with van der Waals surface area (Å²) in [7, 11) is 1.33. The molecule has 0 aliphatic heterocycles. The van der Waals surface area contributed by atoms with Crippen molar-refractivity contribution in [3.8, 4) is 5.75 Å². The minimum atomic E-state index is -0.911. The van der Waals surface area contributed by atoms with E-state index in [1.165, 1.54) is 18.7 Å². The number of hydrogen-bond donors (Lipinski definition) is 0. The van der Waals surface area contributed by atoms with Gasteiger partial charge in [-0.2, -0.15) is 4.39 Å². The molecule has 0 spiro atoms. The largest absolute Gasteiger partial charge is 0.494 e. The Bertz CT molecular complexity index is 576. The summed E-state index contributed by atoms with van der Waals surface area (Å²) >= 11 is 0. The maximum Gasteiger partial charge on any atom is 0.200 e. The fraction of sp³-hybridized carbons (Fsp3) is 0.294. The van der Waals surface area contributed by atoms with Crippen LogP contribution in [0.3, 0.4) is 0 Å². The van der Waals surface area contributed by atoms with Crippen LogP contribution in [0.1, 0.15) is 23.6 Å². The highest BCUT2D eigenvalue weighted by Crippen LogP contribution is 2.23. The molecule has 0 radical (unpaired) electrons. The van der Waals surface area contributed by atoms with Crippen LogP contribution in [0.25, 0.3) is 0 Å². The van der Waals surface area contributed by atoms with Crippen LogP contribution in [-0.2, 0) is 19.3 Å². The topological polar surface area (TPSA) is 9.23 Å². The zero-order chi connectivity index (χ0) is 14.5. The van der Waals surface area contributed by atoms with Crippen molar-refractivity contribution < 1.29 is 13.5 Å². The van der Waals surface area contributed by atoms with Crippen LogP contribution in [0.4, 0.5) is 8.78 Å². The van der Waals surface area contributed by atoms with E-state index in [0.29, 0.717) is 18.4 Å². The van der Waals surface area contributed by atoms with Gasteiger partial charge in [0.05, 0.1) is 7.11 Å². The lowest BCUT2D eigenvalue weighted by atomic mass is 10.0. The van der Waals surface area contributed by atoms with Crippen LogP contribution in [-0.4, -0.2) is 7.11 Å². The van der Waals surface area contributed by atoms with E-state index in [1.807, 2.05) is 12.1 Å². The number of benzene rings is 2. The zero-order valence-electron chi connectivity index (χ0n) is 11.7. The van der Waals surface area contributed by atoms with E-state index in [4.69, 9.17) is 4.74 Å². The van der Waals surface area contributed by atoms with E-state index >= 15 is 0 Å². The van der Waals surface area contributed by atoms with E-state index in [-0.39, 0.29) is 5.75 Å². The highest BCUT2D eigenvalue weighted by molar-refractivity contribution is 5.32. The lowest BCUT2D eigenvalue weighted by Gasteiger charge is -2.08. The third-order valence-electron chi connectivity index (χ3n) is 3.46. The summed E-state index contributed by atoms with van der Waals surface area (Å²) in [4.78, 5) is 0. The molecule has 0 fully saturated rings. The molecule has 1 nitrogen and oxygen atoms in total. The summed E-state index contributed by atoms with van der Waals surface area (Å²) in [6.45, 7) is 2.10. The number of hydrogen-bond acceptors (Lipinski definition) is 1. The summed E-state index contributed by atoms with van der Waals surface area (Å²) in [5.41, 5.74) is 2.77. The normalized spacial score (nSPS) is 10.6. The van der Waals surface area contributed by atoms with Crippen molar-refractivity contribution in [2.24, 2.45) is 0 Å². The summed E-state index contributed by atoms with van der Waals surface area (Å²) in [6, 6.07) is 11.3. The summed E-state index contributed by atoms with van der Waals surface area (Å²) in [5, 5.41) is 0. The second kappa shape index (κ2) is 6.51. The van der Waals surface area contributed by atoms with Gasteiger partial charge in [0.15, 0.2) is 11.6 Å². The van der Waals surface area contributed by atoms with E-state index in [9.17, 15) is 8.78 Å². The van der Waals surface area contributed by atoms with Crippen LogP contribution in [0.15, 0.2) is 36.4 Å². The number of methoxy groups -OCH3 is 1. The molecule has 0 saturated heterocycles. The molecule has 0 aliphatic carbocycles. The summed E-state index contributed by atoms with van der Waals surface area (Å²) in [6.07, 6.45) is 2.16. The Morgan fingerprint density at radius 2 is 1.50 bits per heavy atom. The molecule has 2 rings (SSSR count). The molecule has 0 aliphatic rings. The first kappa shape index (κ1) is 14.5. The van der Waals surface area contributed by atoms with Crippen LogP contribution < -0.4 is 4.74 Å². The van der Waals surface area contributed by atoms with Crippen LogP contribution in [0.2, 0.25) is 0 Å². The predicted octanol–water partition coefficient (Wildman–Crippen LogP) is 4.32. The van der Waals surface area contributed by atoms with Crippen LogP contribution in [0.5, 0.6) is 5.75 Å². The van der Waals surface area contributed by atoms with Gasteiger partial charge in [-0.15, -0.1) is 0 Å². The van der Waals surface area contributed by atoms with Gasteiger partial charge < -0.3 is 4.74 Å². The molecule has 0 saturated carbocycles. The molecule has 2 aromatic carbocycles. The first-order valence-corrected chi connectivity index (χ1v) is 6.74. The SMILES string of the molecule is CCc1ccc(CCc2ccc(OC)c(F)c2F)cc1. The Morgan fingerprint density at radius 3 is 2.10 bits per heavy atom. The molecule has 0 heterocycles. The van der Waals surface area contributed by atoms with E-state index < -0.39 is 11.6 Å². The van der Waals surface area contributed by atoms with Gasteiger partial charge in [-0.1, -0.05) is 37.3 Å². The quantitative estimate of drug-likeness (QED) is 0.790. The number of aryl methyl sites for hydroxylation is 3. The van der Waals surface area contributed by atoms with Crippen molar-refractivity contribution in [1.82, 2.24) is 0 Å². The molecular weight excluding hydrogens is 258 g/mol. The van der Waals surface area contributed by atoms with Crippen molar-refractivity contribution in [3.63, 3.8) is 0 Å². The molecule has 0 aromatic heterocycles. The van der Waals surface area contributed by atoms with Gasteiger partial charge in [0, 0.05) is 0 Å². The molecular formula is C17H18F2O. The average Bonchev–Trinajstić information content (AvgIpc) is 2.49. The van der Waals surface area contributed by atoms with Gasteiger partial charge >= 0.3 is 0 Å². The Balaban J connectivity index is 2.08. The molecule has 20 heavy (non-hydrogen) atoms. The van der Waals surface area contributed by atoms with Gasteiger partial charge in [-0.05, 0) is 42.0 Å². The van der Waals surface area contributed by atoms with Gasteiger partial charge in [0.25, 0.3) is 0 Å². The third-order valence-corrected chi connectivity index (χ3v) is 3.46. The van der Waals surface area contributed by atoms with Crippen molar-refractivity contribution in [3.05, 3.63) is 64.7 Å². The maximum absolute atomic E-state index is 13.8. The van der Waals surface area contributed by atoms with Crippen molar-refractivity contribution in [2.75, 3.05) is 7.11 Å². The molecule has 0 unspecified atom stereocenters. The molecule has 0 bridgehead atoms. The first-order chi connectivity index (χ1) is 9.65. The van der Waals surface area contributed by atoms with Crippen molar-refractivity contribution in [2.45, 2.75) is 26.2 Å². The summed E-state index contributed by atoms with van der Waals surface area (Å²) < 4.78 is 32.2. The minimum absolute atomic E-state index is 0.0569. The van der Waals surface area contributed by atoms with E-state index in [1.54, 1.807) is 6.07 Å². The number of ether oxygens (including phenoxy) is 1. The monoisotopic (exact) mass is 276 g/mol. The molecule has 0 amide bonds. The van der Waals surface area contributed by atoms with Crippen LogP contribution in [0, 0.1) is 11.6 Å². The van der Waals surface area contributed by atoms with E-state index in [2.05, 4.69) is 19.1 Å². The van der Waals surface area contributed by atoms with Crippen molar-refractivity contribution >= 4 is 0 Å². The molecule has 106 valence electrons. The highest BCUT2D eigenvalue weighted by atomic mass is 19.2. The van der Waals surface area contributed by atoms with Crippen LogP contribution >= 0.6 is 0 Å². The minimum Gasteiger partial charge on any atom is -0.494 e. The maximum atomic E-state index is 13.8. The van der Waals surface area contributed by atoms with Gasteiger partial charge in [0.2, 0.25) is 5.82 Å². The smallest absolute Gasteiger partial charge is 0.200 e. The third kappa shape index (κ3) is 3.16. The summed E-state index contributed by atoms with van der Waals surface area (Å²) in [5.74, 6) is -1.78. The lowest BCUT2D eigenvalue weighted by molar-refractivity contribution is 0.370.